The summed E-state index contributed by atoms with van der Waals surface area (Å²) >= 11 is 1.40. The summed E-state index contributed by atoms with van der Waals surface area (Å²) in [4.78, 5) is 25.6. The van der Waals surface area contributed by atoms with Crippen LogP contribution in [0.4, 0.5) is 4.79 Å². The van der Waals surface area contributed by atoms with Gasteiger partial charge in [-0.15, -0.1) is 11.3 Å². The van der Waals surface area contributed by atoms with E-state index in [4.69, 9.17) is 10.2 Å². The predicted molar refractivity (Wildman–Crippen MR) is 56.0 cm³/mol. The molecule has 0 spiro atoms. The number of aliphatic carboxylic acids is 1. The van der Waals surface area contributed by atoms with E-state index in [1.807, 2.05) is 0 Å². The number of amides is 2. The van der Waals surface area contributed by atoms with Gasteiger partial charge in [0.1, 0.15) is 0 Å². The SMILES string of the molecule is O=C(NCc1cscn1)N[C@@H](CO)C(=O)O. The van der Waals surface area contributed by atoms with Gasteiger partial charge in [0.15, 0.2) is 6.04 Å². The van der Waals surface area contributed by atoms with E-state index >= 15 is 0 Å². The summed E-state index contributed by atoms with van der Waals surface area (Å²) in [5.41, 5.74) is 2.32. The molecule has 0 aliphatic carbocycles. The second kappa shape index (κ2) is 6.03. The molecule has 0 aliphatic rings. The molecule has 0 saturated heterocycles. The first-order valence-electron chi connectivity index (χ1n) is 4.38. The summed E-state index contributed by atoms with van der Waals surface area (Å²) in [6.45, 7) is -0.438. The minimum atomic E-state index is -1.30. The Labute approximate surface area is 95.1 Å². The van der Waals surface area contributed by atoms with Crippen molar-refractivity contribution in [1.29, 1.82) is 0 Å². The Balaban J connectivity index is 2.33. The maximum Gasteiger partial charge on any atom is 0.328 e. The standard InChI is InChI=1S/C8H11N3O4S/c12-2-6(7(13)14)11-8(15)9-1-5-3-16-4-10-5/h3-4,6,12H,1-2H2,(H,13,14)(H2,9,11,15)/t6-/m0/s1. The summed E-state index contributed by atoms with van der Waals surface area (Å²) < 4.78 is 0. The number of nitrogens with zero attached hydrogens (tertiary/aromatic N) is 1. The fraction of sp³-hybridized carbons (Fsp3) is 0.375. The Morgan fingerprint density at radius 1 is 1.56 bits per heavy atom. The van der Waals surface area contributed by atoms with Gasteiger partial charge in [-0.05, 0) is 0 Å². The number of carbonyl (C=O) groups is 2. The summed E-state index contributed by atoms with van der Waals surface area (Å²) in [5.74, 6) is -1.29. The highest BCUT2D eigenvalue weighted by atomic mass is 32.1. The average Bonchev–Trinajstić information content (AvgIpc) is 2.75. The van der Waals surface area contributed by atoms with Gasteiger partial charge in [0.25, 0.3) is 0 Å². The molecule has 0 unspecified atom stereocenters. The predicted octanol–water partition coefficient (Wildman–Crippen LogP) is -0.612. The van der Waals surface area contributed by atoms with Gasteiger partial charge < -0.3 is 20.8 Å². The van der Waals surface area contributed by atoms with Gasteiger partial charge in [0, 0.05) is 5.38 Å². The number of aromatic nitrogens is 1. The van der Waals surface area contributed by atoms with E-state index in [1.165, 1.54) is 11.3 Å². The van der Waals surface area contributed by atoms with Crippen LogP contribution in [0.15, 0.2) is 10.9 Å². The van der Waals surface area contributed by atoms with E-state index in [0.717, 1.165) is 0 Å². The molecule has 0 saturated carbocycles. The van der Waals surface area contributed by atoms with Gasteiger partial charge >= 0.3 is 12.0 Å². The van der Waals surface area contributed by atoms with E-state index < -0.39 is 24.6 Å². The smallest absolute Gasteiger partial charge is 0.328 e. The summed E-state index contributed by atoms with van der Waals surface area (Å²) in [6, 6.07) is -1.95. The van der Waals surface area contributed by atoms with Gasteiger partial charge in [0.05, 0.1) is 24.4 Å². The zero-order valence-corrected chi connectivity index (χ0v) is 9.03. The third-order valence-corrected chi connectivity index (χ3v) is 2.33. The number of urea groups is 1. The first kappa shape index (κ1) is 12.4. The van der Waals surface area contributed by atoms with Crippen molar-refractivity contribution in [2.45, 2.75) is 12.6 Å². The first-order valence-corrected chi connectivity index (χ1v) is 5.33. The van der Waals surface area contributed by atoms with Crippen molar-refractivity contribution < 1.29 is 19.8 Å². The lowest BCUT2D eigenvalue weighted by Gasteiger charge is -2.11. The molecule has 8 heteroatoms. The highest BCUT2D eigenvalue weighted by Crippen LogP contribution is 1.99. The van der Waals surface area contributed by atoms with E-state index in [-0.39, 0.29) is 6.54 Å². The molecule has 16 heavy (non-hydrogen) atoms. The van der Waals surface area contributed by atoms with Gasteiger partial charge in [-0.25, -0.2) is 14.6 Å². The number of carboxylic acids is 1. The molecule has 0 aromatic carbocycles. The molecular weight excluding hydrogens is 234 g/mol. The maximum atomic E-state index is 11.2. The average molecular weight is 245 g/mol. The second-order valence-electron chi connectivity index (χ2n) is 2.88. The molecule has 7 nitrogen and oxygen atoms in total. The quantitative estimate of drug-likeness (QED) is 0.553. The van der Waals surface area contributed by atoms with Crippen LogP contribution in [0.1, 0.15) is 5.69 Å². The molecule has 0 radical (unpaired) electrons. The van der Waals surface area contributed by atoms with Crippen LogP contribution in [0.25, 0.3) is 0 Å². The zero-order valence-electron chi connectivity index (χ0n) is 8.21. The molecule has 0 bridgehead atoms. The Hall–Kier alpha value is -1.67. The van der Waals surface area contributed by atoms with E-state index in [9.17, 15) is 9.59 Å². The normalized spacial score (nSPS) is 11.8. The molecule has 1 rings (SSSR count). The highest BCUT2D eigenvalue weighted by molar-refractivity contribution is 7.07. The molecule has 1 atom stereocenters. The number of thiazole rings is 1. The van der Waals surface area contributed by atoms with E-state index in [1.54, 1.807) is 10.9 Å². The van der Waals surface area contributed by atoms with Crippen molar-refractivity contribution in [2.75, 3.05) is 6.61 Å². The second-order valence-corrected chi connectivity index (χ2v) is 3.60. The first-order chi connectivity index (χ1) is 7.63. The number of hydrogen-bond donors (Lipinski definition) is 4. The lowest BCUT2D eigenvalue weighted by molar-refractivity contribution is -0.140. The van der Waals surface area contributed by atoms with Crippen LogP contribution in [0.2, 0.25) is 0 Å². The highest BCUT2D eigenvalue weighted by Gasteiger charge is 2.18. The Bertz CT molecular complexity index is 354. The van der Waals surface area contributed by atoms with Crippen molar-refractivity contribution in [3.8, 4) is 0 Å². The van der Waals surface area contributed by atoms with Crippen LogP contribution in [-0.4, -0.2) is 39.8 Å². The number of aliphatic hydroxyl groups excluding tert-OH is 1. The molecule has 88 valence electrons. The number of nitrogens with one attached hydrogen (secondary N) is 2. The number of carboxylic acid groups (broad SMARTS) is 1. The Morgan fingerprint density at radius 2 is 2.31 bits per heavy atom. The lowest BCUT2D eigenvalue weighted by Crippen LogP contribution is -2.47. The minimum Gasteiger partial charge on any atom is -0.480 e. The van der Waals surface area contributed by atoms with Crippen molar-refractivity contribution >= 4 is 23.3 Å². The van der Waals surface area contributed by atoms with Gasteiger partial charge in [0.2, 0.25) is 0 Å². The Morgan fingerprint density at radius 3 is 2.81 bits per heavy atom. The molecule has 0 aliphatic heterocycles. The molecule has 2 amide bonds. The summed E-state index contributed by atoms with van der Waals surface area (Å²) in [5, 5.41) is 23.5. The Kier molecular flexibility index (Phi) is 4.67. The molecule has 1 aromatic rings. The largest absolute Gasteiger partial charge is 0.480 e. The van der Waals surface area contributed by atoms with Gasteiger partial charge in [-0.2, -0.15) is 0 Å². The zero-order chi connectivity index (χ0) is 12.0. The minimum absolute atomic E-state index is 0.215. The monoisotopic (exact) mass is 245 g/mol. The third-order valence-electron chi connectivity index (χ3n) is 1.70. The van der Waals surface area contributed by atoms with Crippen LogP contribution in [0.5, 0.6) is 0 Å². The summed E-state index contributed by atoms with van der Waals surface area (Å²) in [7, 11) is 0. The number of aliphatic hydroxyl groups is 1. The van der Waals surface area contributed by atoms with Crippen LogP contribution in [0.3, 0.4) is 0 Å². The molecule has 0 fully saturated rings. The molecule has 4 N–H and O–H groups in total. The van der Waals surface area contributed by atoms with Gasteiger partial charge in [-0.3, -0.25) is 0 Å². The van der Waals surface area contributed by atoms with Crippen LogP contribution >= 0.6 is 11.3 Å². The van der Waals surface area contributed by atoms with Crippen molar-refractivity contribution in [3.05, 3.63) is 16.6 Å². The molecular formula is C8H11N3O4S. The van der Waals surface area contributed by atoms with E-state index in [0.29, 0.717) is 5.69 Å². The van der Waals surface area contributed by atoms with Crippen LogP contribution in [0, 0.1) is 0 Å². The lowest BCUT2D eigenvalue weighted by atomic mass is 10.3. The van der Waals surface area contributed by atoms with Crippen molar-refractivity contribution in [1.82, 2.24) is 15.6 Å². The third kappa shape index (κ3) is 3.83. The summed E-state index contributed by atoms with van der Waals surface area (Å²) in [6.07, 6.45) is 0. The molecule has 1 heterocycles. The number of hydrogen-bond acceptors (Lipinski definition) is 5. The number of rotatable bonds is 5. The van der Waals surface area contributed by atoms with E-state index in [2.05, 4.69) is 15.6 Å². The van der Waals surface area contributed by atoms with Crippen molar-refractivity contribution in [2.24, 2.45) is 0 Å². The molecule has 1 aromatic heterocycles. The van der Waals surface area contributed by atoms with Gasteiger partial charge in [-0.1, -0.05) is 0 Å². The van der Waals surface area contributed by atoms with Crippen LogP contribution < -0.4 is 10.6 Å². The maximum absolute atomic E-state index is 11.2. The fourth-order valence-electron chi connectivity index (χ4n) is 0.890. The number of carbonyl (C=O) groups excluding carboxylic acids is 1. The van der Waals surface area contributed by atoms with Crippen molar-refractivity contribution in [3.63, 3.8) is 0 Å². The topological polar surface area (TPSA) is 112 Å². The fourth-order valence-corrected chi connectivity index (χ4v) is 1.45. The van der Waals surface area contributed by atoms with Crippen LogP contribution in [-0.2, 0) is 11.3 Å².